The molecule has 0 aromatic carbocycles. The number of rotatable bonds is 3. The molecule has 0 aliphatic rings. The number of hydrogen-bond acceptors (Lipinski definition) is 0. The van der Waals surface area contributed by atoms with Crippen molar-refractivity contribution < 1.29 is 13.0 Å². The first-order valence-corrected chi connectivity index (χ1v) is 12.1. The maximum absolute atomic E-state index is 4.95. The second kappa shape index (κ2) is 11.9. The van der Waals surface area contributed by atoms with Gasteiger partial charge in [-0.15, -0.1) is 7.92 Å². The number of hydrogen-bond donors (Lipinski definition) is 0. The van der Waals surface area contributed by atoms with Gasteiger partial charge in [0.25, 0.3) is 0 Å². The molecule has 0 rings (SSSR count). The van der Waals surface area contributed by atoms with Gasteiger partial charge in [-0.3, -0.25) is 0 Å². The Morgan fingerprint density at radius 1 is 0.909 bits per heavy atom. The van der Waals surface area contributed by atoms with Gasteiger partial charge in [0.15, 0.2) is 0 Å². The Morgan fingerprint density at radius 2 is 1.09 bits per heavy atom. The number of halogens is 3. The molecular formula is C6H15Cl3PRu. The molecule has 0 nitrogen and oxygen atoms in total. The van der Waals surface area contributed by atoms with Crippen molar-refractivity contribution in [1.82, 2.24) is 0 Å². The molecule has 0 saturated heterocycles. The first kappa shape index (κ1) is 15.4. The SMILES string of the molecule is CCP(CC)CC.[Cl][Ru]([Cl])[Cl]. The van der Waals surface area contributed by atoms with Crippen molar-refractivity contribution in [2.45, 2.75) is 20.8 Å². The first-order valence-electron chi connectivity index (χ1n) is 3.47. The predicted molar refractivity (Wildman–Crippen MR) is 56.1 cm³/mol. The van der Waals surface area contributed by atoms with Crippen LogP contribution in [0.5, 0.6) is 0 Å². The van der Waals surface area contributed by atoms with E-state index >= 15 is 0 Å². The van der Waals surface area contributed by atoms with Gasteiger partial charge in [0.2, 0.25) is 0 Å². The molecule has 0 unspecified atom stereocenters. The van der Waals surface area contributed by atoms with Gasteiger partial charge in [-0.1, -0.05) is 20.8 Å². The first-order chi connectivity index (χ1) is 5.08. The van der Waals surface area contributed by atoms with E-state index in [4.69, 9.17) is 29.1 Å². The Morgan fingerprint density at radius 3 is 1.09 bits per heavy atom. The van der Waals surface area contributed by atoms with Crippen LogP contribution in [0.25, 0.3) is 0 Å². The zero-order valence-corrected chi connectivity index (χ0v) is 12.0. The Hall–Kier alpha value is 1.92. The van der Waals surface area contributed by atoms with Crippen molar-refractivity contribution in [3.8, 4) is 0 Å². The summed E-state index contributed by atoms with van der Waals surface area (Å²) in [5, 5.41) is 0. The molecule has 0 spiro atoms. The monoisotopic (exact) mass is 325 g/mol. The molecule has 0 aromatic heterocycles. The summed E-state index contributed by atoms with van der Waals surface area (Å²) in [5.74, 6) is 0. The van der Waals surface area contributed by atoms with E-state index in [1.807, 2.05) is 0 Å². The normalized spacial score (nSPS) is 10.6. The second-order valence-electron chi connectivity index (χ2n) is 1.77. The third-order valence-corrected chi connectivity index (χ3v) is 4.02. The van der Waals surface area contributed by atoms with Gasteiger partial charge in [0, 0.05) is 0 Å². The van der Waals surface area contributed by atoms with E-state index in [2.05, 4.69) is 20.8 Å². The molecule has 0 aliphatic carbocycles. The van der Waals surface area contributed by atoms with Crippen LogP contribution in [-0.2, 0) is 13.0 Å². The van der Waals surface area contributed by atoms with E-state index in [-0.39, 0.29) is 0 Å². The Kier molecular flexibility index (Phi) is 16.7. The fourth-order valence-electron chi connectivity index (χ4n) is 0.671. The summed E-state index contributed by atoms with van der Waals surface area (Å²) in [5.41, 5.74) is 0. The van der Waals surface area contributed by atoms with Crippen molar-refractivity contribution in [3.63, 3.8) is 0 Å². The Bertz CT molecular complexity index is 60.6. The molecule has 0 aliphatic heterocycles. The van der Waals surface area contributed by atoms with Gasteiger partial charge in [-0.05, 0) is 18.5 Å². The van der Waals surface area contributed by atoms with E-state index in [1.165, 1.54) is 18.5 Å². The van der Waals surface area contributed by atoms with Gasteiger partial charge >= 0.3 is 42.1 Å². The summed E-state index contributed by atoms with van der Waals surface area (Å²) in [6.07, 6.45) is 4.26. The topological polar surface area (TPSA) is 0 Å². The van der Waals surface area contributed by atoms with Crippen molar-refractivity contribution >= 4 is 37.0 Å². The van der Waals surface area contributed by atoms with Crippen LogP contribution in [0.1, 0.15) is 20.8 Å². The standard InChI is InChI=1S/C6H15P.3ClH.Ru/c1-4-7(5-2)6-3;;;;/h4-6H2,1-3H3;3*1H;/q;;;;+3/p-3. The summed E-state index contributed by atoms with van der Waals surface area (Å²) in [6, 6.07) is 0. The van der Waals surface area contributed by atoms with Crippen LogP contribution in [0.3, 0.4) is 0 Å². The van der Waals surface area contributed by atoms with Crippen LogP contribution < -0.4 is 0 Å². The van der Waals surface area contributed by atoms with Crippen LogP contribution in [0.2, 0.25) is 0 Å². The van der Waals surface area contributed by atoms with Crippen molar-refractivity contribution in [2.24, 2.45) is 0 Å². The molecule has 0 aromatic rings. The quantitative estimate of drug-likeness (QED) is 0.526. The van der Waals surface area contributed by atoms with Gasteiger partial charge in [-0.2, -0.15) is 0 Å². The second-order valence-corrected chi connectivity index (χ2v) is 12.9. The van der Waals surface area contributed by atoms with Gasteiger partial charge in [0.1, 0.15) is 0 Å². The van der Waals surface area contributed by atoms with Crippen LogP contribution in [0.4, 0.5) is 0 Å². The fraction of sp³-hybridized carbons (Fsp3) is 1.00. The predicted octanol–water partition coefficient (Wildman–Crippen LogP) is 4.59. The molecule has 0 fully saturated rings. The minimum absolute atomic E-state index is 0.446. The van der Waals surface area contributed by atoms with Crippen molar-refractivity contribution in [3.05, 3.63) is 0 Å². The molecule has 5 heteroatoms. The average Bonchev–Trinajstić information content (AvgIpc) is 1.90. The molecule has 0 saturated carbocycles. The average molecular weight is 326 g/mol. The van der Waals surface area contributed by atoms with E-state index in [0.717, 1.165) is 0 Å². The molecule has 0 atom stereocenters. The van der Waals surface area contributed by atoms with Gasteiger partial charge < -0.3 is 0 Å². The minimum atomic E-state index is -1.75. The van der Waals surface area contributed by atoms with Gasteiger partial charge in [-0.25, -0.2) is 0 Å². The van der Waals surface area contributed by atoms with Crippen LogP contribution in [0.15, 0.2) is 0 Å². The van der Waals surface area contributed by atoms with Crippen LogP contribution >= 0.6 is 37.0 Å². The molecule has 0 radical (unpaired) electrons. The van der Waals surface area contributed by atoms with Crippen LogP contribution in [-0.4, -0.2) is 18.5 Å². The van der Waals surface area contributed by atoms with Crippen molar-refractivity contribution in [2.75, 3.05) is 18.5 Å². The molecule has 0 bridgehead atoms. The third-order valence-electron chi connectivity index (χ3n) is 1.34. The summed E-state index contributed by atoms with van der Waals surface area (Å²) in [6.45, 7) is 6.87. The summed E-state index contributed by atoms with van der Waals surface area (Å²) in [4.78, 5) is 0. The Balaban J connectivity index is 0. The Labute approximate surface area is 88.8 Å². The zero-order valence-electron chi connectivity index (χ0n) is 7.06. The van der Waals surface area contributed by atoms with E-state index < -0.39 is 13.0 Å². The third kappa shape index (κ3) is 18.7. The fourth-order valence-corrected chi connectivity index (χ4v) is 2.01. The summed E-state index contributed by atoms with van der Waals surface area (Å²) < 4.78 is 0. The van der Waals surface area contributed by atoms with Crippen molar-refractivity contribution in [1.29, 1.82) is 0 Å². The van der Waals surface area contributed by atoms with Gasteiger partial charge in [0.05, 0.1) is 0 Å². The van der Waals surface area contributed by atoms with Crippen LogP contribution in [0, 0.1) is 0 Å². The molecular weight excluding hydrogens is 310 g/mol. The molecule has 0 N–H and O–H groups in total. The van der Waals surface area contributed by atoms with E-state index in [0.29, 0.717) is 7.92 Å². The zero-order chi connectivity index (χ0) is 9.28. The summed E-state index contributed by atoms with van der Waals surface area (Å²) >= 11 is -1.75. The molecule has 0 amide bonds. The molecule has 0 heterocycles. The van der Waals surface area contributed by atoms with E-state index in [9.17, 15) is 0 Å². The molecule has 11 heavy (non-hydrogen) atoms. The summed E-state index contributed by atoms with van der Waals surface area (Å²) in [7, 11) is 15.3. The van der Waals surface area contributed by atoms with E-state index in [1.54, 1.807) is 0 Å². The molecule has 73 valence electrons. The maximum atomic E-state index is 4.95.